The molecule has 0 aliphatic rings. The van der Waals surface area contributed by atoms with Crippen LogP contribution in [0.3, 0.4) is 0 Å². The van der Waals surface area contributed by atoms with Crippen molar-refractivity contribution in [2.45, 2.75) is 20.4 Å². The number of nitrogens with zero attached hydrogens (tertiary/aromatic N) is 1. The monoisotopic (exact) mass is 230 g/mol. The molecule has 3 heteroatoms. The molecule has 2 aromatic rings. The van der Waals surface area contributed by atoms with Gasteiger partial charge in [0.1, 0.15) is 5.82 Å². The molecule has 0 aliphatic carbocycles. The van der Waals surface area contributed by atoms with Gasteiger partial charge in [-0.25, -0.2) is 4.39 Å². The Morgan fingerprint density at radius 1 is 1.18 bits per heavy atom. The summed E-state index contributed by atoms with van der Waals surface area (Å²) in [5, 5.41) is 3.19. The van der Waals surface area contributed by atoms with Crippen LogP contribution in [-0.4, -0.2) is 4.98 Å². The molecule has 1 aromatic carbocycles. The van der Waals surface area contributed by atoms with Crippen LogP contribution in [0.25, 0.3) is 0 Å². The number of benzene rings is 1. The molecule has 0 fully saturated rings. The van der Waals surface area contributed by atoms with Gasteiger partial charge in [-0.15, -0.1) is 0 Å². The molecule has 88 valence electrons. The van der Waals surface area contributed by atoms with Gasteiger partial charge in [-0.2, -0.15) is 0 Å². The van der Waals surface area contributed by atoms with Gasteiger partial charge in [-0.05, 0) is 37.6 Å². The standard InChI is InChI=1S/C14H15FN2/c1-10-6-7-12(16-8-10)9-17-14-5-3-4-13(15)11(14)2/h3-8,17H,9H2,1-2H3. The maximum atomic E-state index is 13.3. The molecule has 2 rings (SSSR count). The van der Waals surface area contributed by atoms with E-state index in [2.05, 4.69) is 10.3 Å². The van der Waals surface area contributed by atoms with E-state index in [1.54, 1.807) is 13.0 Å². The van der Waals surface area contributed by atoms with Crippen molar-refractivity contribution in [3.05, 3.63) is 59.2 Å². The van der Waals surface area contributed by atoms with Gasteiger partial charge in [0.25, 0.3) is 0 Å². The normalized spacial score (nSPS) is 10.3. The zero-order valence-electron chi connectivity index (χ0n) is 10.00. The van der Waals surface area contributed by atoms with Gasteiger partial charge in [-0.1, -0.05) is 12.1 Å². The van der Waals surface area contributed by atoms with E-state index in [0.717, 1.165) is 16.9 Å². The van der Waals surface area contributed by atoms with Crippen molar-refractivity contribution in [2.75, 3.05) is 5.32 Å². The topological polar surface area (TPSA) is 24.9 Å². The van der Waals surface area contributed by atoms with E-state index in [1.807, 2.05) is 31.3 Å². The van der Waals surface area contributed by atoms with Crippen LogP contribution in [0, 0.1) is 19.7 Å². The number of pyridine rings is 1. The molecule has 17 heavy (non-hydrogen) atoms. The molecule has 0 saturated carbocycles. The van der Waals surface area contributed by atoms with Gasteiger partial charge in [0.2, 0.25) is 0 Å². The van der Waals surface area contributed by atoms with Crippen molar-refractivity contribution in [1.29, 1.82) is 0 Å². The molecule has 0 amide bonds. The molecule has 0 radical (unpaired) electrons. The number of anilines is 1. The summed E-state index contributed by atoms with van der Waals surface area (Å²) >= 11 is 0. The first kappa shape index (κ1) is 11.6. The second-order valence-electron chi connectivity index (χ2n) is 4.09. The quantitative estimate of drug-likeness (QED) is 0.873. The molecule has 0 spiro atoms. The van der Waals surface area contributed by atoms with Gasteiger partial charge in [0.05, 0.1) is 12.2 Å². The molecule has 1 heterocycles. The maximum Gasteiger partial charge on any atom is 0.128 e. The largest absolute Gasteiger partial charge is 0.379 e. The van der Waals surface area contributed by atoms with Crippen molar-refractivity contribution >= 4 is 5.69 Å². The predicted molar refractivity (Wildman–Crippen MR) is 67.4 cm³/mol. The van der Waals surface area contributed by atoms with Crippen LogP contribution in [0.1, 0.15) is 16.8 Å². The zero-order chi connectivity index (χ0) is 12.3. The minimum atomic E-state index is -0.188. The van der Waals surface area contributed by atoms with Crippen LogP contribution in [-0.2, 0) is 6.54 Å². The number of halogens is 1. The fraction of sp³-hybridized carbons (Fsp3) is 0.214. The maximum absolute atomic E-state index is 13.3. The van der Waals surface area contributed by atoms with Crippen LogP contribution in [0.4, 0.5) is 10.1 Å². The molecule has 0 aliphatic heterocycles. The van der Waals surface area contributed by atoms with Crippen LogP contribution in [0.2, 0.25) is 0 Å². The van der Waals surface area contributed by atoms with Gasteiger partial charge in [0.15, 0.2) is 0 Å². The van der Waals surface area contributed by atoms with Gasteiger partial charge in [-0.3, -0.25) is 4.98 Å². The summed E-state index contributed by atoms with van der Waals surface area (Å²) in [5.41, 5.74) is 3.53. The van der Waals surface area contributed by atoms with Crippen LogP contribution in [0.15, 0.2) is 36.5 Å². The van der Waals surface area contributed by atoms with E-state index in [-0.39, 0.29) is 5.82 Å². The van der Waals surface area contributed by atoms with E-state index < -0.39 is 0 Å². The first-order valence-corrected chi connectivity index (χ1v) is 5.57. The Labute approximate surface area is 101 Å². The summed E-state index contributed by atoms with van der Waals surface area (Å²) in [6.45, 7) is 4.37. The Morgan fingerprint density at radius 2 is 2.00 bits per heavy atom. The Hall–Kier alpha value is -1.90. The van der Waals surface area contributed by atoms with Gasteiger partial charge in [0, 0.05) is 17.4 Å². The number of nitrogens with one attached hydrogen (secondary N) is 1. The first-order valence-electron chi connectivity index (χ1n) is 5.57. The molecule has 0 atom stereocenters. The molecule has 0 bridgehead atoms. The lowest BCUT2D eigenvalue weighted by molar-refractivity contribution is 0.619. The van der Waals surface area contributed by atoms with Gasteiger partial charge >= 0.3 is 0 Å². The summed E-state index contributed by atoms with van der Waals surface area (Å²) < 4.78 is 13.3. The number of aromatic nitrogens is 1. The van der Waals surface area contributed by atoms with E-state index in [0.29, 0.717) is 12.1 Å². The highest BCUT2D eigenvalue weighted by Gasteiger charge is 2.02. The highest BCUT2D eigenvalue weighted by molar-refractivity contribution is 5.51. The first-order chi connectivity index (χ1) is 8.16. The predicted octanol–water partition coefficient (Wildman–Crippen LogP) is 3.45. The summed E-state index contributed by atoms with van der Waals surface area (Å²) in [4.78, 5) is 4.29. The van der Waals surface area contributed by atoms with Crippen LogP contribution < -0.4 is 5.32 Å². The SMILES string of the molecule is Cc1ccc(CNc2cccc(F)c2C)nc1. The lowest BCUT2D eigenvalue weighted by Crippen LogP contribution is -2.03. The molecule has 0 unspecified atom stereocenters. The average Bonchev–Trinajstić information content (AvgIpc) is 2.33. The Kier molecular flexibility index (Phi) is 3.38. The summed E-state index contributed by atoms with van der Waals surface area (Å²) in [5.74, 6) is -0.188. The van der Waals surface area contributed by atoms with Crippen LogP contribution in [0.5, 0.6) is 0 Å². The lowest BCUT2D eigenvalue weighted by atomic mass is 10.2. The van der Waals surface area contributed by atoms with E-state index in [1.165, 1.54) is 6.07 Å². The highest BCUT2D eigenvalue weighted by Crippen LogP contribution is 2.17. The van der Waals surface area contributed by atoms with E-state index >= 15 is 0 Å². The van der Waals surface area contributed by atoms with Crippen molar-refractivity contribution in [1.82, 2.24) is 4.98 Å². The van der Waals surface area contributed by atoms with Crippen molar-refractivity contribution in [3.8, 4) is 0 Å². The number of hydrogen-bond donors (Lipinski definition) is 1. The molecular formula is C14H15FN2. The van der Waals surface area contributed by atoms with E-state index in [4.69, 9.17) is 0 Å². The Balaban J connectivity index is 2.07. The third kappa shape index (κ3) is 2.81. The van der Waals surface area contributed by atoms with Crippen molar-refractivity contribution < 1.29 is 4.39 Å². The second kappa shape index (κ2) is 4.95. The Morgan fingerprint density at radius 3 is 2.71 bits per heavy atom. The lowest BCUT2D eigenvalue weighted by Gasteiger charge is -2.09. The third-order valence-electron chi connectivity index (χ3n) is 2.70. The number of aryl methyl sites for hydroxylation is 1. The Bertz CT molecular complexity index is 506. The highest BCUT2D eigenvalue weighted by atomic mass is 19.1. The fourth-order valence-electron chi connectivity index (χ4n) is 1.59. The van der Waals surface area contributed by atoms with E-state index in [9.17, 15) is 4.39 Å². The summed E-state index contributed by atoms with van der Waals surface area (Å²) in [7, 11) is 0. The second-order valence-corrected chi connectivity index (χ2v) is 4.09. The van der Waals surface area contributed by atoms with Gasteiger partial charge < -0.3 is 5.32 Å². The molecule has 1 aromatic heterocycles. The smallest absolute Gasteiger partial charge is 0.128 e. The molecule has 0 saturated heterocycles. The minimum Gasteiger partial charge on any atom is -0.379 e. The van der Waals surface area contributed by atoms with Crippen molar-refractivity contribution in [3.63, 3.8) is 0 Å². The van der Waals surface area contributed by atoms with Crippen LogP contribution >= 0.6 is 0 Å². The fourth-order valence-corrected chi connectivity index (χ4v) is 1.59. The summed E-state index contributed by atoms with van der Waals surface area (Å²) in [6, 6.07) is 9.02. The van der Waals surface area contributed by atoms with Crippen molar-refractivity contribution in [2.24, 2.45) is 0 Å². The zero-order valence-corrected chi connectivity index (χ0v) is 10.00. The molecule has 2 nitrogen and oxygen atoms in total. The minimum absolute atomic E-state index is 0.188. The number of rotatable bonds is 3. The molecule has 1 N–H and O–H groups in total. The molecular weight excluding hydrogens is 215 g/mol. The average molecular weight is 230 g/mol. The summed E-state index contributed by atoms with van der Waals surface area (Å²) in [6.07, 6.45) is 1.83. The number of hydrogen-bond acceptors (Lipinski definition) is 2. The third-order valence-corrected chi connectivity index (χ3v) is 2.70.